The second kappa shape index (κ2) is 11.7. The number of pyridine rings is 1. The van der Waals surface area contributed by atoms with E-state index in [1.54, 1.807) is 25.4 Å². The highest BCUT2D eigenvalue weighted by Crippen LogP contribution is 2.32. The van der Waals surface area contributed by atoms with Crippen LogP contribution in [0.2, 0.25) is 5.02 Å². The van der Waals surface area contributed by atoms with Crippen LogP contribution in [0.1, 0.15) is 43.1 Å². The maximum absolute atomic E-state index is 13.4. The Morgan fingerprint density at radius 3 is 2.56 bits per heavy atom. The van der Waals surface area contributed by atoms with Crippen LogP contribution in [0.5, 0.6) is 11.6 Å². The number of ether oxygens (including phenoxy) is 1. The molecule has 190 valence electrons. The zero-order valence-corrected chi connectivity index (χ0v) is 20.9. The third kappa shape index (κ3) is 7.18. The van der Waals surface area contributed by atoms with E-state index in [0.717, 1.165) is 31.5 Å². The first-order valence-corrected chi connectivity index (χ1v) is 12.2. The summed E-state index contributed by atoms with van der Waals surface area (Å²) in [6, 6.07) is 7.99. The van der Waals surface area contributed by atoms with Gasteiger partial charge in [-0.25, -0.2) is 23.7 Å². The highest BCUT2D eigenvalue weighted by atomic mass is 35.5. The summed E-state index contributed by atoms with van der Waals surface area (Å²) in [5, 5.41) is 3.11. The number of carbonyl (C=O) groups excluding carboxylic acids is 1. The first kappa shape index (κ1) is 25.9. The van der Waals surface area contributed by atoms with Crippen LogP contribution in [0, 0.1) is 12.8 Å². The molecular formula is C26H28ClF2N5O2. The lowest BCUT2D eigenvalue weighted by molar-refractivity contribution is -0.119. The Kier molecular flexibility index (Phi) is 8.43. The van der Waals surface area contributed by atoms with Crippen molar-refractivity contribution >= 4 is 17.5 Å². The Morgan fingerprint density at radius 1 is 1.17 bits per heavy atom. The number of alkyl halides is 2. The van der Waals surface area contributed by atoms with Gasteiger partial charge in [0, 0.05) is 42.2 Å². The number of hydrogen-bond donors (Lipinski definition) is 1. The van der Waals surface area contributed by atoms with Gasteiger partial charge in [0.1, 0.15) is 5.82 Å². The van der Waals surface area contributed by atoms with E-state index in [1.165, 1.54) is 19.1 Å². The van der Waals surface area contributed by atoms with Crippen LogP contribution in [0.15, 0.2) is 42.7 Å². The number of aryl methyl sites for hydroxylation is 1. The molecule has 0 bridgehead atoms. The SMILES string of the molecule is CC(=O)NCC1CCN(Cc2cc(Oc3cnc(C)nc3)nc(-c3cc(Cl)cc(C(F)F)c3)c2)CC1. The molecule has 1 aromatic carbocycles. The zero-order valence-electron chi connectivity index (χ0n) is 20.2. The smallest absolute Gasteiger partial charge is 0.263 e. The van der Waals surface area contributed by atoms with Crippen molar-refractivity contribution in [2.24, 2.45) is 5.92 Å². The van der Waals surface area contributed by atoms with E-state index < -0.39 is 6.43 Å². The van der Waals surface area contributed by atoms with Crippen molar-refractivity contribution in [1.82, 2.24) is 25.2 Å². The van der Waals surface area contributed by atoms with Gasteiger partial charge in [-0.05, 0) is 68.6 Å². The van der Waals surface area contributed by atoms with Crippen LogP contribution in [0.3, 0.4) is 0 Å². The number of rotatable bonds is 8. The van der Waals surface area contributed by atoms with E-state index in [-0.39, 0.29) is 16.5 Å². The fraction of sp³-hybridized carbons (Fsp3) is 0.385. The Labute approximate surface area is 213 Å². The summed E-state index contributed by atoms with van der Waals surface area (Å²) in [4.78, 5) is 26.4. The van der Waals surface area contributed by atoms with Crippen molar-refractivity contribution in [3.05, 3.63) is 64.7 Å². The lowest BCUT2D eigenvalue weighted by Crippen LogP contribution is -2.37. The topological polar surface area (TPSA) is 80.2 Å². The Balaban J connectivity index is 1.58. The molecule has 1 fully saturated rings. The Bertz CT molecular complexity index is 1200. The van der Waals surface area contributed by atoms with E-state index in [0.29, 0.717) is 47.7 Å². The van der Waals surface area contributed by atoms with Crippen molar-refractivity contribution in [2.45, 2.75) is 39.7 Å². The van der Waals surface area contributed by atoms with Gasteiger partial charge in [-0.2, -0.15) is 0 Å². The molecule has 36 heavy (non-hydrogen) atoms. The standard InChI is InChI=1S/C26H28ClF2N5O2/c1-16-30-13-23(14-31-16)36-25-8-19(15-34-5-3-18(4-6-34)12-32-17(2)35)7-24(33-25)20-9-21(26(28)29)11-22(27)10-20/h7-11,13-14,18,26H,3-6,12,15H2,1-2H3,(H,32,35). The summed E-state index contributed by atoms with van der Waals surface area (Å²) >= 11 is 6.14. The number of halogens is 3. The van der Waals surface area contributed by atoms with E-state index >= 15 is 0 Å². The molecule has 3 heterocycles. The van der Waals surface area contributed by atoms with Crippen molar-refractivity contribution in [3.8, 4) is 22.9 Å². The molecule has 1 saturated heterocycles. The third-order valence-corrected chi connectivity index (χ3v) is 6.28. The van der Waals surface area contributed by atoms with E-state index in [2.05, 4.69) is 25.2 Å². The molecule has 0 unspecified atom stereocenters. The van der Waals surface area contributed by atoms with Crippen molar-refractivity contribution in [1.29, 1.82) is 0 Å². The maximum atomic E-state index is 13.4. The predicted molar refractivity (Wildman–Crippen MR) is 133 cm³/mol. The van der Waals surface area contributed by atoms with E-state index in [4.69, 9.17) is 16.3 Å². The molecular weight excluding hydrogens is 488 g/mol. The minimum atomic E-state index is -2.65. The van der Waals surface area contributed by atoms with Gasteiger partial charge >= 0.3 is 0 Å². The molecule has 1 aliphatic rings. The molecule has 0 radical (unpaired) electrons. The molecule has 2 aromatic heterocycles. The van der Waals surface area contributed by atoms with Gasteiger partial charge in [-0.1, -0.05) is 11.6 Å². The predicted octanol–water partition coefficient (Wildman–Crippen LogP) is 5.58. The molecule has 1 N–H and O–H groups in total. The molecule has 0 aliphatic carbocycles. The highest BCUT2D eigenvalue weighted by molar-refractivity contribution is 6.31. The summed E-state index contributed by atoms with van der Waals surface area (Å²) in [5.41, 5.74) is 1.74. The van der Waals surface area contributed by atoms with Crippen LogP contribution in [0.25, 0.3) is 11.3 Å². The molecule has 0 saturated carbocycles. The van der Waals surface area contributed by atoms with Crippen molar-refractivity contribution in [3.63, 3.8) is 0 Å². The number of benzene rings is 1. The van der Waals surface area contributed by atoms with Gasteiger partial charge in [-0.15, -0.1) is 0 Å². The van der Waals surface area contributed by atoms with Gasteiger partial charge < -0.3 is 10.1 Å². The van der Waals surface area contributed by atoms with E-state index in [9.17, 15) is 13.6 Å². The van der Waals surface area contributed by atoms with Crippen molar-refractivity contribution in [2.75, 3.05) is 19.6 Å². The Hall–Kier alpha value is -3.17. The van der Waals surface area contributed by atoms with Crippen LogP contribution >= 0.6 is 11.6 Å². The maximum Gasteiger partial charge on any atom is 0.263 e. The van der Waals surface area contributed by atoms with Gasteiger partial charge in [0.25, 0.3) is 6.43 Å². The number of hydrogen-bond acceptors (Lipinski definition) is 6. The first-order valence-electron chi connectivity index (χ1n) is 11.8. The fourth-order valence-corrected chi connectivity index (χ4v) is 4.43. The van der Waals surface area contributed by atoms with Gasteiger partial charge in [0.05, 0.1) is 18.1 Å². The fourth-order valence-electron chi connectivity index (χ4n) is 4.19. The van der Waals surface area contributed by atoms with Gasteiger partial charge in [0.2, 0.25) is 11.8 Å². The molecule has 10 heteroatoms. The quantitative estimate of drug-likeness (QED) is 0.422. The first-order chi connectivity index (χ1) is 17.2. The summed E-state index contributed by atoms with van der Waals surface area (Å²) in [6.45, 7) is 6.42. The average Bonchev–Trinajstić information content (AvgIpc) is 2.84. The summed E-state index contributed by atoms with van der Waals surface area (Å²) < 4.78 is 32.8. The lowest BCUT2D eigenvalue weighted by Gasteiger charge is -2.32. The molecule has 1 amide bonds. The van der Waals surface area contributed by atoms with E-state index in [1.807, 2.05) is 12.1 Å². The minimum absolute atomic E-state index is 0.00994. The van der Waals surface area contributed by atoms with Crippen LogP contribution < -0.4 is 10.1 Å². The summed E-state index contributed by atoms with van der Waals surface area (Å²) in [5.74, 6) is 1.80. The third-order valence-electron chi connectivity index (χ3n) is 6.06. The largest absolute Gasteiger partial charge is 0.436 e. The molecule has 0 spiro atoms. The monoisotopic (exact) mass is 515 g/mol. The summed E-state index contributed by atoms with van der Waals surface area (Å²) in [7, 11) is 0. The number of nitrogens with one attached hydrogen (secondary N) is 1. The molecule has 1 aliphatic heterocycles. The average molecular weight is 516 g/mol. The number of amides is 1. The minimum Gasteiger partial charge on any atom is -0.436 e. The summed E-state index contributed by atoms with van der Waals surface area (Å²) in [6.07, 6.45) is 2.43. The number of piperidine rings is 1. The number of nitrogens with zero attached hydrogens (tertiary/aromatic N) is 4. The second-order valence-electron chi connectivity index (χ2n) is 9.00. The molecule has 3 aromatic rings. The Morgan fingerprint density at radius 2 is 1.89 bits per heavy atom. The molecule has 0 atom stereocenters. The number of carbonyl (C=O) groups is 1. The lowest BCUT2D eigenvalue weighted by atomic mass is 9.96. The molecule has 4 rings (SSSR count). The normalized spacial score (nSPS) is 14.7. The number of likely N-dealkylation sites (tertiary alicyclic amines) is 1. The molecule has 7 nitrogen and oxygen atoms in total. The van der Waals surface area contributed by atoms with Gasteiger partial charge in [0.15, 0.2) is 5.75 Å². The van der Waals surface area contributed by atoms with Gasteiger partial charge in [-0.3, -0.25) is 9.69 Å². The second-order valence-corrected chi connectivity index (χ2v) is 9.43. The zero-order chi connectivity index (χ0) is 25.7. The number of aromatic nitrogens is 3. The highest BCUT2D eigenvalue weighted by Gasteiger charge is 2.20. The van der Waals surface area contributed by atoms with Crippen molar-refractivity contribution < 1.29 is 18.3 Å². The van der Waals surface area contributed by atoms with Crippen LogP contribution in [-0.4, -0.2) is 45.4 Å². The van der Waals surface area contributed by atoms with Crippen LogP contribution in [-0.2, 0) is 11.3 Å². The van der Waals surface area contributed by atoms with Crippen LogP contribution in [0.4, 0.5) is 8.78 Å².